The first kappa shape index (κ1) is 13.5. The fourth-order valence-corrected chi connectivity index (χ4v) is 1.59. The van der Waals surface area contributed by atoms with Crippen molar-refractivity contribution in [3.05, 3.63) is 53.1 Å². The molecular weight excluding hydrogens is 258 g/mol. The second-order valence-corrected chi connectivity index (χ2v) is 3.89. The van der Waals surface area contributed by atoms with Crippen LogP contribution < -0.4 is 11.3 Å². The van der Waals surface area contributed by atoms with E-state index in [1.54, 1.807) is 0 Å². The SMILES string of the molecule is CC(=O)n1c(N)nc2nc[nH]c2c1=O.c1ccccc1. The maximum atomic E-state index is 11.6. The molecule has 2 aromatic heterocycles. The zero-order valence-corrected chi connectivity index (χ0v) is 10.8. The fraction of sp³-hybridized carbons (Fsp3) is 0.0769. The van der Waals surface area contributed by atoms with Gasteiger partial charge in [0.1, 0.15) is 0 Å². The molecule has 0 spiro atoms. The number of benzene rings is 1. The summed E-state index contributed by atoms with van der Waals surface area (Å²) in [4.78, 5) is 32.8. The van der Waals surface area contributed by atoms with E-state index in [1.165, 1.54) is 13.3 Å². The number of nitrogens with zero attached hydrogens (tertiary/aromatic N) is 3. The minimum Gasteiger partial charge on any atom is -0.369 e. The van der Waals surface area contributed by atoms with Crippen LogP contribution in [0.4, 0.5) is 5.95 Å². The van der Waals surface area contributed by atoms with E-state index in [-0.39, 0.29) is 17.1 Å². The highest BCUT2D eigenvalue weighted by Gasteiger charge is 2.12. The maximum absolute atomic E-state index is 11.6. The fourth-order valence-electron chi connectivity index (χ4n) is 1.59. The number of imidazole rings is 1. The number of fused-ring (bicyclic) bond motifs is 1. The third kappa shape index (κ3) is 2.72. The molecule has 0 saturated carbocycles. The van der Waals surface area contributed by atoms with Crippen molar-refractivity contribution >= 4 is 23.0 Å². The third-order valence-corrected chi connectivity index (χ3v) is 2.47. The number of carbonyl (C=O) groups is 1. The highest BCUT2D eigenvalue weighted by Crippen LogP contribution is 2.03. The van der Waals surface area contributed by atoms with Crippen LogP contribution in [0.2, 0.25) is 0 Å². The van der Waals surface area contributed by atoms with Crippen LogP contribution in [0, 0.1) is 0 Å². The number of nitrogens with two attached hydrogens (primary N) is 1. The molecule has 1 aromatic carbocycles. The summed E-state index contributed by atoms with van der Waals surface area (Å²) in [6.07, 6.45) is 1.32. The molecule has 0 aliphatic rings. The van der Waals surface area contributed by atoms with Crippen molar-refractivity contribution in [2.24, 2.45) is 0 Å². The molecule has 7 nitrogen and oxygen atoms in total. The van der Waals surface area contributed by atoms with Crippen molar-refractivity contribution in [1.29, 1.82) is 0 Å². The topological polar surface area (TPSA) is 107 Å². The van der Waals surface area contributed by atoms with Gasteiger partial charge in [-0.1, -0.05) is 36.4 Å². The predicted molar refractivity (Wildman–Crippen MR) is 75.3 cm³/mol. The summed E-state index contributed by atoms with van der Waals surface area (Å²) in [6, 6.07) is 12.0. The molecule has 102 valence electrons. The summed E-state index contributed by atoms with van der Waals surface area (Å²) in [6.45, 7) is 1.24. The number of hydrogen-bond acceptors (Lipinski definition) is 5. The molecule has 2 heterocycles. The van der Waals surface area contributed by atoms with Gasteiger partial charge in [0.2, 0.25) is 11.9 Å². The van der Waals surface area contributed by atoms with Crippen LogP contribution in [0.25, 0.3) is 11.2 Å². The van der Waals surface area contributed by atoms with Crippen LogP contribution >= 0.6 is 0 Å². The first-order valence-electron chi connectivity index (χ1n) is 5.84. The number of aromatic nitrogens is 4. The van der Waals surface area contributed by atoms with Crippen molar-refractivity contribution < 1.29 is 4.79 Å². The minimum absolute atomic E-state index is 0.151. The monoisotopic (exact) mass is 271 g/mol. The minimum atomic E-state index is -0.530. The highest BCUT2D eigenvalue weighted by atomic mass is 16.2. The van der Waals surface area contributed by atoms with Gasteiger partial charge in [-0.3, -0.25) is 9.59 Å². The van der Waals surface area contributed by atoms with E-state index in [0.29, 0.717) is 0 Å². The molecule has 0 saturated heterocycles. The summed E-state index contributed by atoms with van der Waals surface area (Å²) < 4.78 is 0.792. The Kier molecular flexibility index (Phi) is 3.90. The Bertz CT molecular complexity index is 750. The van der Waals surface area contributed by atoms with Crippen LogP contribution in [-0.2, 0) is 0 Å². The average Bonchev–Trinajstić information content (AvgIpc) is 2.89. The molecule has 3 rings (SSSR count). The Morgan fingerprint density at radius 2 is 1.75 bits per heavy atom. The van der Waals surface area contributed by atoms with Crippen LogP contribution in [0.15, 0.2) is 47.5 Å². The molecule has 7 heteroatoms. The summed E-state index contributed by atoms with van der Waals surface area (Å²) in [7, 11) is 0. The lowest BCUT2D eigenvalue weighted by atomic mass is 10.4. The lowest BCUT2D eigenvalue weighted by Crippen LogP contribution is -2.28. The van der Waals surface area contributed by atoms with Crippen molar-refractivity contribution in [2.75, 3.05) is 5.73 Å². The summed E-state index contributed by atoms with van der Waals surface area (Å²) in [5.41, 5.74) is 5.28. The highest BCUT2D eigenvalue weighted by molar-refractivity contribution is 5.82. The summed E-state index contributed by atoms with van der Waals surface area (Å²) >= 11 is 0. The van der Waals surface area contributed by atoms with E-state index >= 15 is 0 Å². The first-order chi connectivity index (χ1) is 9.61. The molecule has 0 aliphatic carbocycles. The number of aromatic amines is 1. The molecule has 0 unspecified atom stereocenters. The molecule has 3 aromatic rings. The van der Waals surface area contributed by atoms with E-state index in [4.69, 9.17) is 5.73 Å². The Hall–Kier alpha value is -2.96. The lowest BCUT2D eigenvalue weighted by Gasteiger charge is -2.02. The summed E-state index contributed by atoms with van der Waals surface area (Å²) in [5, 5.41) is 0. The molecule has 20 heavy (non-hydrogen) atoms. The van der Waals surface area contributed by atoms with Crippen molar-refractivity contribution in [1.82, 2.24) is 19.5 Å². The average molecular weight is 271 g/mol. The standard InChI is InChI=1S/C7H7N5O2.C6H6/c1-3(13)12-6(14)4-5(10-2-9-4)11-7(12)8;1-2-4-6-5-3-1/h2H,1H3,(H2,8,11)(H,9,10);1-6H. The molecular formula is C13H13N5O2. The zero-order chi connectivity index (χ0) is 14.5. The lowest BCUT2D eigenvalue weighted by molar-refractivity contribution is 0.0934. The van der Waals surface area contributed by atoms with Gasteiger partial charge in [0.05, 0.1) is 6.33 Å². The summed E-state index contributed by atoms with van der Waals surface area (Å²) in [5.74, 6) is -0.626. The smallest absolute Gasteiger partial charge is 0.287 e. The van der Waals surface area contributed by atoms with Gasteiger partial charge in [-0.15, -0.1) is 0 Å². The van der Waals surface area contributed by atoms with Gasteiger partial charge in [-0.25, -0.2) is 9.55 Å². The zero-order valence-electron chi connectivity index (χ0n) is 10.8. The van der Waals surface area contributed by atoms with E-state index in [9.17, 15) is 9.59 Å². The molecule has 0 aliphatic heterocycles. The van der Waals surface area contributed by atoms with E-state index in [1.807, 2.05) is 36.4 Å². The van der Waals surface area contributed by atoms with Gasteiger partial charge >= 0.3 is 0 Å². The molecule has 0 radical (unpaired) electrons. The van der Waals surface area contributed by atoms with Gasteiger partial charge in [0.15, 0.2) is 11.2 Å². The van der Waals surface area contributed by atoms with Gasteiger partial charge in [-0.2, -0.15) is 4.98 Å². The van der Waals surface area contributed by atoms with Crippen LogP contribution in [-0.4, -0.2) is 25.4 Å². The Morgan fingerprint density at radius 3 is 2.25 bits per heavy atom. The number of hydrogen-bond donors (Lipinski definition) is 2. The maximum Gasteiger partial charge on any atom is 0.287 e. The first-order valence-corrected chi connectivity index (χ1v) is 5.84. The molecule has 0 fully saturated rings. The van der Waals surface area contributed by atoms with Crippen LogP contribution in [0.3, 0.4) is 0 Å². The largest absolute Gasteiger partial charge is 0.369 e. The number of rotatable bonds is 0. The Balaban J connectivity index is 0.000000205. The normalized spacial score (nSPS) is 9.85. The molecule has 0 amide bonds. The predicted octanol–water partition coefficient (Wildman–Crippen LogP) is 1.05. The van der Waals surface area contributed by atoms with E-state index in [2.05, 4.69) is 15.0 Å². The van der Waals surface area contributed by atoms with E-state index in [0.717, 1.165) is 4.57 Å². The number of nitrogens with one attached hydrogen (secondary N) is 1. The number of anilines is 1. The van der Waals surface area contributed by atoms with E-state index < -0.39 is 11.5 Å². The van der Waals surface area contributed by atoms with Gasteiger partial charge in [0, 0.05) is 6.92 Å². The van der Waals surface area contributed by atoms with Gasteiger partial charge in [-0.05, 0) is 0 Å². The van der Waals surface area contributed by atoms with Crippen molar-refractivity contribution in [3.63, 3.8) is 0 Å². The number of carbonyl (C=O) groups excluding carboxylic acids is 1. The van der Waals surface area contributed by atoms with Gasteiger partial charge in [0.25, 0.3) is 5.56 Å². The third-order valence-electron chi connectivity index (χ3n) is 2.47. The molecule has 3 N–H and O–H groups in total. The molecule has 0 atom stereocenters. The van der Waals surface area contributed by atoms with Gasteiger partial charge < -0.3 is 10.7 Å². The Labute approximate surface area is 114 Å². The van der Waals surface area contributed by atoms with Crippen molar-refractivity contribution in [2.45, 2.75) is 6.92 Å². The quantitative estimate of drug-likeness (QED) is 0.635. The number of nitrogen functional groups attached to an aromatic ring is 1. The van der Waals surface area contributed by atoms with Crippen LogP contribution in [0.5, 0.6) is 0 Å². The second-order valence-electron chi connectivity index (χ2n) is 3.89. The second kappa shape index (κ2) is 5.79. The van der Waals surface area contributed by atoms with Crippen molar-refractivity contribution in [3.8, 4) is 0 Å². The van der Waals surface area contributed by atoms with Crippen LogP contribution in [0.1, 0.15) is 11.7 Å². The molecule has 0 bridgehead atoms. The number of H-pyrrole nitrogens is 1. The Morgan fingerprint density at radius 1 is 1.20 bits per heavy atom.